The lowest BCUT2D eigenvalue weighted by atomic mass is 10.0. The zero-order chi connectivity index (χ0) is 23.7. The monoisotopic (exact) mass is 452 g/mol. The molecular weight excluding hydrogens is 428 g/mol. The van der Waals surface area contributed by atoms with Crippen molar-refractivity contribution in [2.45, 2.75) is 30.7 Å². The fourth-order valence-corrected chi connectivity index (χ4v) is 3.99. The predicted octanol–water partition coefficient (Wildman–Crippen LogP) is 1.21. The number of likely N-dealkylation sites (N-methyl/N-ethyl adjacent to an activating group) is 1. The van der Waals surface area contributed by atoms with Crippen LogP contribution in [-0.2, 0) is 28.3 Å². The molecule has 1 aromatic heterocycles. The molecule has 2 aromatic rings. The number of rotatable bonds is 10. The van der Waals surface area contributed by atoms with Gasteiger partial charge in [0.15, 0.2) is 0 Å². The molecule has 0 aliphatic rings. The second-order valence-electron chi connectivity index (χ2n) is 6.91. The number of amides is 2. The highest BCUT2D eigenvalue weighted by molar-refractivity contribution is 7.98. The maximum absolute atomic E-state index is 11.4. The van der Waals surface area contributed by atoms with E-state index in [9.17, 15) is 20.1 Å². The zero-order valence-electron chi connectivity index (χ0n) is 17.9. The normalized spacial score (nSPS) is 10.2. The number of nitrogens with two attached hydrogens (primary N) is 1. The van der Waals surface area contributed by atoms with Crippen molar-refractivity contribution < 1.29 is 14.7 Å². The van der Waals surface area contributed by atoms with Crippen molar-refractivity contribution in [1.29, 1.82) is 10.5 Å². The van der Waals surface area contributed by atoms with Crippen LogP contribution in [0.25, 0.3) is 0 Å². The first-order valence-corrected chi connectivity index (χ1v) is 10.8. The van der Waals surface area contributed by atoms with Gasteiger partial charge in [-0.1, -0.05) is 31.2 Å². The van der Waals surface area contributed by atoms with E-state index in [1.54, 1.807) is 7.05 Å². The van der Waals surface area contributed by atoms with Gasteiger partial charge in [-0.3, -0.25) is 9.59 Å². The fraction of sp³-hybridized carbons (Fsp3) is 0.318. The Morgan fingerprint density at radius 1 is 1.19 bits per heavy atom. The number of benzene rings is 1. The van der Waals surface area contributed by atoms with Crippen LogP contribution >= 0.6 is 11.8 Å². The van der Waals surface area contributed by atoms with Gasteiger partial charge in [-0.2, -0.15) is 10.5 Å². The van der Waals surface area contributed by atoms with Crippen LogP contribution in [0.4, 0.5) is 5.82 Å². The number of anilines is 1. The van der Waals surface area contributed by atoms with Crippen molar-refractivity contribution in [3.05, 3.63) is 52.1 Å². The molecule has 9 nitrogen and oxygen atoms in total. The van der Waals surface area contributed by atoms with E-state index in [4.69, 9.17) is 10.8 Å². The molecule has 4 N–H and O–H groups in total. The molecule has 10 heteroatoms. The van der Waals surface area contributed by atoms with Gasteiger partial charge in [-0.15, -0.1) is 11.8 Å². The molecule has 1 aromatic carbocycles. The van der Waals surface area contributed by atoms with Crippen LogP contribution in [0.3, 0.4) is 0 Å². The number of pyridine rings is 1. The van der Waals surface area contributed by atoms with Crippen LogP contribution in [0.2, 0.25) is 0 Å². The smallest absolute Gasteiger partial charge is 0.245 e. The average Bonchev–Trinajstić information content (AvgIpc) is 2.79. The summed E-state index contributed by atoms with van der Waals surface area (Å²) in [6, 6.07) is 11.8. The second-order valence-corrected chi connectivity index (χ2v) is 7.87. The van der Waals surface area contributed by atoms with Crippen LogP contribution in [0.5, 0.6) is 0 Å². The third kappa shape index (κ3) is 6.20. The Labute approximate surface area is 190 Å². The number of aliphatic hydroxyl groups is 1. The van der Waals surface area contributed by atoms with Gasteiger partial charge >= 0.3 is 0 Å². The third-order valence-corrected chi connectivity index (χ3v) is 5.66. The van der Waals surface area contributed by atoms with Crippen LogP contribution in [0.1, 0.15) is 34.7 Å². The molecule has 0 spiro atoms. The van der Waals surface area contributed by atoms with E-state index in [1.165, 1.54) is 16.7 Å². The lowest BCUT2D eigenvalue weighted by Crippen LogP contribution is -2.32. The quantitative estimate of drug-likeness (QED) is 0.454. The number of nitrogens with zero attached hydrogens (tertiary/aromatic N) is 4. The van der Waals surface area contributed by atoms with Gasteiger partial charge in [0.25, 0.3) is 0 Å². The van der Waals surface area contributed by atoms with Crippen molar-refractivity contribution in [1.82, 2.24) is 10.3 Å². The van der Waals surface area contributed by atoms with Gasteiger partial charge < -0.3 is 21.1 Å². The summed E-state index contributed by atoms with van der Waals surface area (Å²) in [5, 5.41) is 31.2. The van der Waals surface area contributed by atoms with Crippen LogP contribution in [-0.4, -0.2) is 42.1 Å². The highest BCUT2D eigenvalue weighted by Gasteiger charge is 2.22. The van der Waals surface area contributed by atoms with E-state index in [0.717, 1.165) is 11.1 Å². The van der Waals surface area contributed by atoms with Crippen LogP contribution in [0, 0.1) is 22.7 Å². The number of nitrogens with one attached hydrogen (secondary N) is 1. The van der Waals surface area contributed by atoms with Crippen molar-refractivity contribution in [3.63, 3.8) is 0 Å². The molecule has 2 rings (SSSR count). The van der Waals surface area contributed by atoms with Gasteiger partial charge in [0.1, 0.15) is 29.6 Å². The topological polar surface area (TPSA) is 156 Å². The summed E-state index contributed by atoms with van der Waals surface area (Å²) < 4.78 is 0. The third-order valence-electron chi connectivity index (χ3n) is 4.61. The Morgan fingerprint density at radius 3 is 2.34 bits per heavy atom. The Bertz CT molecular complexity index is 1070. The van der Waals surface area contributed by atoms with E-state index in [1.807, 2.05) is 31.2 Å². The van der Waals surface area contributed by atoms with Gasteiger partial charge in [-0.25, -0.2) is 4.98 Å². The van der Waals surface area contributed by atoms with E-state index in [0.29, 0.717) is 40.7 Å². The number of hydrogen-bond acceptors (Lipinski definition) is 8. The van der Waals surface area contributed by atoms with Gasteiger partial charge in [0.05, 0.1) is 17.7 Å². The predicted molar refractivity (Wildman–Crippen MR) is 120 cm³/mol. The van der Waals surface area contributed by atoms with Crippen molar-refractivity contribution in [3.8, 4) is 12.1 Å². The van der Waals surface area contributed by atoms with E-state index < -0.39 is 18.4 Å². The minimum absolute atomic E-state index is 0.102. The molecule has 166 valence electrons. The van der Waals surface area contributed by atoms with Gasteiger partial charge in [0, 0.05) is 19.3 Å². The van der Waals surface area contributed by atoms with E-state index in [-0.39, 0.29) is 12.1 Å². The summed E-state index contributed by atoms with van der Waals surface area (Å²) in [5.74, 6) is -0.145. The van der Waals surface area contributed by atoms with Crippen LogP contribution < -0.4 is 16.0 Å². The Balaban J connectivity index is 2.29. The lowest BCUT2D eigenvalue weighted by molar-refractivity contribution is -0.124. The summed E-state index contributed by atoms with van der Waals surface area (Å²) in [6.07, 6.45) is 0.466. The molecule has 0 saturated carbocycles. The van der Waals surface area contributed by atoms with Gasteiger partial charge in [-0.05, 0) is 23.1 Å². The summed E-state index contributed by atoms with van der Waals surface area (Å²) in [4.78, 5) is 28.6. The first-order valence-electron chi connectivity index (χ1n) is 9.79. The van der Waals surface area contributed by atoms with Crippen molar-refractivity contribution >= 4 is 29.4 Å². The summed E-state index contributed by atoms with van der Waals surface area (Å²) >= 11 is 1.36. The molecule has 1 heterocycles. The SMILES string of the molecule is CCc1c(C#N)c(SCc2ccc(CNC(=O)CO)cc2)nc(N(C)CC(N)=O)c1C#N. The molecule has 0 atom stereocenters. The Morgan fingerprint density at radius 2 is 1.81 bits per heavy atom. The minimum Gasteiger partial charge on any atom is -0.387 e. The maximum Gasteiger partial charge on any atom is 0.245 e. The molecule has 0 aliphatic carbocycles. The molecule has 2 amide bonds. The molecular formula is C22H24N6O3S. The second kappa shape index (κ2) is 11.7. The molecule has 32 heavy (non-hydrogen) atoms. The van der Waals surface area contributed by atoms with E-state index >= 15 is 0 Å². The number of aliphatic hydroxyl groups excluding tert-OH is 1. The molecule has 0 unspecified atom stereocenters. The largest absolute Gasteiger partial charge is 0.387 e. The number of carbonyl (C=O) groups is 2. The summed E-state index contributed by atoms with van der Waals surface area (Å²) in [5.41, 5.74) is 8.38. The highest BCUT2D eigenvalue weighted by Crippen LogP contribution is 2.33. The molecule has 0 fully saturated rings. The van der Waals surface area contributed by atoms with Gasteiger partial charge in [0.2, 0.25) is 11.8 Å². The Hall–Kier alpha value is -3.60. The highest BCUT2D eigenvalue weighted by atomic mass is 32.2. The standard InChI is InChI=1S/C22H24N6O3S/c1-3-16-17(8-23)21(28(2)11-19(25)30)27-22(18(16)9-24)32-13-15-6-4-14(5-7-15)10-26-20(31)12-29/h4-7,29H,3,10-13H2,1-2H3,(H2,25,30)(H,26,31). The number of primary amides is 1. The number of carbonyl (C=O) groups excluding carboxylic acids is 2. The van der Waals surface area contributed by atoms with Crippen LogP contribution in [0.15, 0.2) is 29.3 Å². The number of nitriles is 2. The molecule has 0 radical (unpaired) electrons. The number of aromatic nitrogens is 1. The van der Waals surface area contributed by atoms with E-state index in [2.05, 4.69) is 22.4 Å². The first-order chi connectivity index (χ1) is 15.3. The maximum atomic E-state index is 11.4. The fourth-order valence-electron chi connectivity index (χ4n) is 3.03. The number of thioether (sulfide) groups is 1. The first kappa shape index (κ1) is 24.7. The van der Waals surface area contributed by atoms with Crippen molar-refractivity contribution in [2.24, 2.45) is 5.73 Å². The molecule has 0 aliphatic heterocycles. The number of hydrogen-bond donors (Lipinski definition) is 3. The van der Waals surface area contributed by atoms with Crippen molar-refractivity contribution in [2.75, 3.05) is 25.1 Å². The lowest BCUT2D eigenvalue weighted by Gasteiger charge is -2.21. The average molecular weight is 453 g/mol. The summed E-state index contributed by atoms with van der Waals surface area (Å²) in [7, 11) is 1.63. The Kier molecular flexibility index (Phi) is 9.02. The molecule has 0 bridgehead atoms. The summed E-state index contributed by atoms with van der Waals surface area (Å²) in [6.45, 7) is 1.52. The molecule has 0 saturated heterocycles. The zero-order valence-corrected chi connectivity index (χ0v) is 18.7. The minimum atomic E-state index is -0.552.